The van der Waals surface area contributed by atoms with Gasteiger partial charge in [-0.1, -0.05) is 65.3 Å². The number of aromatic nitrogens is 2. The lowest BCUT2D eigenvalue weighted by atomic mass is 10.1. The summed E-state index contributed by atoms with van der Waals surface area (Å²) in [6.45, 7) is 4.01. The molecule has 0 saturated heterocycles. The van der Waals surface area contributed by atoms with Crippen LogP contribution in [0.2, 0.25) is 0 Å². The van der Waals surface area contributed by atoms with Gasteiger partial charge in [-0.3, -0.25) is 4.79 Å². The third kappa shape index (κ3) is 4.95. The van der Waals surface area contributed by atoms with Gasteiger partial charge in [-0.2, -0.15) is 4.98 Å². The zero-order valence-corrected chi connectivity index (χ0v) is 15.6. The summed E-state index contributed by atoms with van der Waals surface area (Å²) in [7, 11) is 0. The summed E-state index contributed by atoms with van der Waals surface area (Å²) in [5.41, 5.74) is 3.19. The van der Waals surface area contributed by atoms with Crippen LogP contribution < -0.4 is 5.32 Å². The first-order chi connectivity index (χ1) is 12.6. The zero-order chi connectivity index (χ0) is 18.4. The molecule has 1 N–H and O–H groups in total. The van der Waals surface area contributed by atoms with Crippen LogP contribution in [0, 0.1) is 6.92 Å². The van der Waals surface area contributed by atoms with Crippen LogP contribution in [0.3, 0.4) is 0 Å². The molecule has 0 saturated carbocycles. The second-order valence-corrected chi connectivity index (χ2v) is 7.06. The Morgan fingerprint density at radius 3 is 2.62 bits per heavy atom. The molecule has 1 atom stereocenters. The van der Waals surface area contributed by atoms with Crippen molar-refractivity contribution in [3.63, 3.8) is 0 Å². The van der Waals surface area contributed by atoms with Gasteiger partial charge in [0.05, 0.1) is 17.5 Å². The second-order valence-electron chi connectivity index (χ2n) is 6.07. The standard InChI is InChI=1S/C20H21N3O2S/c1-14-8-10-17(11-9-14)20-22-19(25-23-20)13-26-12-18(24)21-15(2)16-6-4-3-5-7-16/h3-11,15H,12-13H2,1-2H3,(H,21,24)/t15-/m1/s1. The number of carbonyl (C=O) groups excluding carboxylic acids is 1. The van der Waals surface area contributed by atoms with Crippen molar-refractivity contribution in [2.24, 2.45) is 0 Å². The first-order valence-corrected chi connectivity index (χ1v) is 9.59. The van der Waals surface area contributed by atoms with Gasteiger partial charge in [0.15, 0.2) is 0 Å². The van der Waals surface area contributed by atoms with Crippen molar-refractivity contribution >= 4 is 17.7 Å². The molecule has 0 bridgehead atoms. The number of carbonyl (C=O) groups is 1. The number of aryl methyl sites for hydroxylation is 1. The van der Waals surface area contributed by atoms with Crippen LogP contribution in [0.25, 0.3) is 11.4 Å². The minimum Gasteiger partial charge on any atom is -0.349 e. The Balaban J connectivity index is 1.46. The fraction of sp³-hybridized carbons (Fsp3) is 0.250. The van der Waals surface area contributed by atoms with Gasteiger partial charge in [0.25, 0.3) is 0 Å². The summed E-state index contributed by atoms with van der Waals surface area (Å²) < 4.78 is 5.27. The van der Waals surface area contributed by atoms with Gasteiger partial charge in [0.1, 0.15) is 0 Å². The van der Waals surface area contributed by atoms with Crippen molar-refractivity contribution in [1.29, 1.82) is 0 Å². The minimum atomic E-state index is -0.0131. The molecule has 0 aliphatic heterocycles. The van der Waals surface area contributed by atoms with E-state index in [0.717, 1.165) is 11.1 Å². The number of hydrogen-bond acceptors (Lipinski definition) is 5. The SMILES string of the molecule is Cc1ccc(-c2noc(CSCC(=O)N[C@H](C)c3ccccc3)n2)cc1. The molecule has 2 aromatic carbocycles. The maximum absolute atomic E-state index is 12.1. The number of benzene rings is 2. The zero-order valence-electron chi connectivity index (χ0n) is 14.8. The molecule has 0 unspecified atom stereocenters. The normalized spacial score (nSPS) is 11.9. The summed E-state index contributed by atoms with van der Waals surface area (Å²) in [6, 6.07) is 17.8. The molecular weight excluding hydrogens is 346 g/mol. The molecule has 3 rings (SSSR count). The van der Waals surface area contributed by atoms with E-state index in [1.54, 1.807) is 0 Å². The maximum Gasteiger partial charge on any atom is 0.236 e. The second kappa shape index (κ2) is 8.67. The predicted molar refractivity (Wildman–Crippen MR) is 104 cm³/mol. The topological polar surface area (TPSA) is 68.0 Å². The molecule has 0 radical (unpaired) electrons. The molecule has 1 amide bonds. The van der Waals surface area contributed by atoms with E-state index in [1.807, 2.05) is 68.4 Å². The molecule has 0 fully saturated rings. The molecule has 134 valence electrons. The number of rotatable bonds is 7. The average molecular weight is 367 g/mol. The molecule has 1 heterocycles. The van der Waals surface area contributed by atoms with Crippen molar-refractivity contribution in [2.75, 3.05) is 5.75 Å². The van der Waals surface area contributed by atoms with Crippen molar-refractivity contribution < 1.29 is 9.32 Å². The minimum absolute atomic E-state index is 0.00961. The Morgan fingerprint density at radius 2 is 1.88 bits per heavy atom. The van der Waals surface area contributed by atoms with Crippen LogP contribution in [0.1, 0.15) is 30.0 Å². The van der Waals surface area contributed by atoms with E-state index in [0.29, 0.717) is 23.2 Å². The van der Waals surface area contributed by atoms with Gasteiger partial charge < -0.3 is 9.84 Å². The number of hydrogen-bond donors (Lipinski definition) is 1. The van der Waals surface area contributed by atoms with Gasteiger partial charge in [-0.15, -0.1) is 11.8 Å². The Morgan fingerprint density at radius 1 is 1.15 bits per heavy atom. The van der Waals surface area contributed by atoms with Crippen LogP contribution >= 0.6 is 11.8 Å². The Kier molecular flexibility index (Phi) is 6.07. The van der Waals surface area contributed by atoms with Crippen LogP contribution in [0.15, 0.2) is 59.1 Å². The lowest BCUT2D eigenvalue weighted by Gasteiger charge is -2.13. The first-order valence-electron chi connectivity index (χ1n) is 8.43. The fourth-order valence-corrected chi connectivity index (χ4v) is 3.14. The summed E-state index contributed by atoms with van der Waals surface area (Å²) in [5.74, 6) is 1.94. The third-order valence-corrected chi connectivity index (χ3v) is 4.83. The predicted octanol–water partition coefficient (Wildman–Crippen LogP) is 4.16. The van der Waals surface area contributed by atoms with Crippen molar-refractivity contribution in [3.8, 4) is 11.4 Å². The summed E-state index contributed by atoms with van der Waals surface area (Å²) >= 11 is 1.45. The van der Waals surface area contributed by atoms with Gasteiger partial charge in [-0.05, 0) is 19.4 Å². The van der Waals surface area contributed by atoms with Crippen LogP contribution in [-0.2, 0) is 10.5 Å². The van der Waals surface area contributed by atoms with E-state index in [1.165, 1.54) is 17.3 Å². The largest absolute Gasteiger partial charge is 0.349 e. The van der Waals surface area contributed by atoms with Crippen LogP contribution in [-0.4, -0.2) is 21.8 Å². The lowest BCUT2D eigenvalue weighted by Crippen LogP contribution is -2.28. The molecule has 26 heavy (non-hydrogen) atoms. The Bertz CT molecular complexity index is 847. The number of amides is 1. The molecule has 0 aliphatic rings. The fourth-order valence-electron chi connectivity index (χ4n) is 2.47. The summed E-state index contributed by atoms with van der Waals surface area (Å²) in [5, 5.41) is 6.99. The van der Waals surface area contributed by atoms with Gasteiger partial charge in [0, 0.05) is 5.56 Å². The first kappa shape index (κ1) is 18.2. The molecule has 3 aromatic rings. The number of nitrogens with one attached hydrogen (secondary N) is 1. The average Bonchev–Trinajstić information content (AvgIpc) is 3.12. The number of nitrogens with zero attached hydrogens (tertiary/aromatic N) is 2. The van der Waals surface area contributed by atoms with Crippen LogP contribution in [0.4, 0.5) is 0 Å². The molecule has 5 nitrogen and oxygen atoms in total. The van der Waals surface area contributed by atoms with E-state index in [4.69, 9.17) is 4.52 Å². The van der Waals surface area contributed by atoms with Crippen LogP contribution in [0.5, 0.6) is 0 Å². The van der Waals surface area contributed by atoms with E-state index in [-0.39, 0.29) is 11.9 Å². The smallest absolute Gasteiger partial charge is 0.236 e. The van der Waals surface area contributed by atoms with E-state index >= 15 is 0 Å². The third-order valence-electron chi connectivity index (χ3n) is 3.91. The molecule has 0 aliphatic carbocycles. The Labute approximate surface area is 157 Å². The lowest BCUT2D eigenvalue weighted by molar-refractivity contribution is -0.119. The van der Waals surface area contributed by atoms with E-state index in [2.05, 4.69) is 15.5 Å². The molecular formula is C20H21N3O2S. The van der Waals surface area contributed by atoms with Crippen molar-refractivity contribution in [2.45, 2.75) is 25.6 Å². The van der Waals surface area contributed by atoms with Crippen molar-refractivity contribution in [3.05, 3.63) is 71.6 Å². The summed E-state index contributed by atoms with van der Waals surface area (Å²) in [4.78, 5) is 16.5. The quantitative estimate of drug-likeness (QED) is 0.679. The van der Waals surface area contributed by atoms with Gasteiger partial charge in [0.2, 0.25) is 17.6 Å². The highest BCUT2D eigenvalue weighted by Gasteiger charge is 2.12. The highest BCUT2D eigenvalue weighted by atomic mass is 32.2. The summed E-state index contributed by atoms with van der Waals surface area (Å²) in [6.07, 6.45) is 0. The maximum atomic E-state index is 12.1. The van der Waals surface area contributed by atoms with Crippen molar-refractivity contribution in [1.82, 2.24) is 15.5 Å². The van der Waals surface area contributed by atoms with E-state index < -0.39 is 0 Å². The monoisotopic (exact) mass is 367 g/mol. The molecule has 0 spiro atoms. The van der Waals surface area contributed by atoms with Gasteiger partial charge >= 0.3 is 0 Å². The Hall–Kier alpha value is -2.60. The number of thioether (sulfide) groups is 1. The highest BCUT2D eigenvalue weighted by Crippen LogP contribution is 2.19. The van der Waals surface area contributed by atoms with E-state index in [9.17, 15) is 4.79 Å². The molecule has 6 heteroatoms. The van der Waals surface area contributed by atoms with Gasteiger partial charge in [-0.25, -0.2) is 0 Å². The molecule has 1 aromatic heterocycles. The highest BCUT2D eigenvalue weighted by molar-refractivity contribution is 7.99.